The first-order chi connectivity index (χ1) is 11.8. The number of nitrogens with one attached hydrogen (secondary N) is 2. The topological polar surface area (TPSA) is 111 Å². The number of hydrogen-bond acceptors (Lipinski definition) is 4. The standard InChI is InChI=1S/C18H19N3O4/c1-11-6-8-14(9-7-11)20-16(22)12(2)25-17(23)13-4-3-5-15(10-13)21-18(19)24/h3-10,12H,1-2H3,(H,20,22)(H3,19,21,24)/t12-/m1/s1. The lowest BCUT2D eigenvalue weighted by Gasteiger charge is -2.14. The van der Waals surface area contributed by atoms with E-state index < -0.39 is 24.0 Å². The zero-order chi connectivity index (χ0) is 18.4. The maximum Gasteiger partial charge on any atom is 0.338 e. The number of benzene rings is 2. The molecular formula is C18H19N3O4. The van der Waals surface area contributed by atoms with Crippen molar-refractivity contribution in [1.29, 1.82) is 0 Å². The van der Waals surface area contributed by atoms with Crippen LogP contribution in [-0.4, -0.2) is 24.0 Å². The fourth-order valence-corrected chi connectivity index (χ4v) is 2.03. The van der Waals surface area contributed by atoms with E-state index in [4.69, 9.17) is 10.5 Å². The first kappa shape index (κ1) is 18.0. The smallest absolute Gasteiger partial charge is 0.338 e. The number of urea groups is 1. The normalized spacial score (nSPS) is 11.3. The second kappa shape index (κ2) is 7.96. The molecule has 1 atom stereocenters. The molecule has 2 aromatic carbocycles. The molecule has 2 aromatic rings. The maximum atomic E-state index is 12.1. The number of nitrogens with two attached hydrogens (primary N) is 1. The number of hydrogen-bond donors (Lipinski definition) is 3. The van der Waals surface area contributed by atoms with Crippen molar-refractivity contribution in [2.45, 2.75) is 20.0 Å². The van der Waals surface area contributed by atoms with Gasteiger partial charge < -0.3 is 21.1 Å². The van der Waals surface area contributed by atoms with Crippen molar-refractivity contribution < 1.29 is 19.1 Å². The molecule has 130 valence electrons. The van der Waals surface area contributed by atoms with Gasteiger partial charge in [-0.1, -0.05) is 23.8 Å². The lowest BCUT2D eigenvalue weighted by atomic mass is 10.2. The molecule has 0 saturated heterocycles. The molecule has 7 nitrogen and oxygen atoms in total. The zero-order valence-corrected chi connectivity index (χ0v) is 13.9. The molecule has 0 fully saturated rings. The van der Waals surface area contributed by atoms with Crippen LogP contribution in [0.15, 0.2) is 48.5 Å². The lowest BCUT2D eigenvalue weighted by Crippen LogP contribution is -2.30. The Kier molecular flexibility index (Phi) is 5.73. The molecule has 0 radical (unpaired) electrons. The third-order valence-electron chi connectivity index (χ3n) is 3.34. The van der Waals surface area contributed by atoms with E-state index in [9.17, 15) is 14.4 Å². The molecule has 0 spiro atoms. The predicted octanol–water partition coefficient (Wildman–Crippen LogP) is 2.67. The van der Waals surface area contributed by atoms with Crippen LogP contribution in [0.3, 0.4) is 0 Å². The molecule has 2 rings (SSSR count). The van der Waals surface area contributed by atoms with Crippen LogP contribution in [0, 0.1) is 6.92 Å². The number of ether oxygens (including phenoxy) is 1. The van der Waals surface area contributed by atoms with Gasteiger partial charge in [0.05, 0.1) is 5.56 Å². The largest absolute Gasteiger partial charge is 0.449 e. The van der Waals surface area contributed by atoms with Crippen molar-refractivity contribution in [2.24, 2.45) is 5.73 Å². The number of amides is 3. The van der Waals surface area contributed by atoms with Gasteiger partial charge in [-0.15, -0.1) is 0 Å². The predicted molar refractivity (Wildman–Crippen MR) is 94.3 cm³/mol. The van der Waals surface area contributed by atoms with E-state index in [1.165, 1.54) is 19.1 Å². The third kappa shape index (κ3) is 5.35. The van der Waals surface area contributed by atoms with Gasteiger partial charge in [-0.05, 0) is 44.2 Å². The third-order valence-corrected chi connectivity index (χ3v) is 3.34. The first-order valence-corrected chi connectivity index (χ1v) is 7.60. The van der Waals surface area contributed by atoms with Crippen LogP contribution >= 0.6 is 0 Å². The summed E-state index contributed by atoms with van der Waals surface area (Å²) in [5.74, 6) is -1.12. The van der Waals surface area contributed by atoms with Crippen LogP contribution in [0.25, 0.3) is 0 Å². The zero-order valence-electron chi connectivity index (χ0n) is 13.9. The van der Waals surface area contributed by atoms with Crippen molar-refractivity contribution in [1.82, 2.24) is 0 Å². The second-order valence-corrected chi connectivity index (χ2v) is 5.47. The quantitative estimate of drug-likeness (QED) is 0.726. The molecule has 3 amide bonds. The maximum absolute atomic E-state index is 12.1. The van der Waals surface area contributed by atoms with Gasteiger partial charge >= 0.3 is 12.0 Å². The number of aryl methyl sites for hydroxylation is 1. The van der Waals surface area contributed by atoms with E-state index in [0.29, 0.717) is 11.4 Å². The molecule has 0 aliphatic heterocycles. The summed E-state index contributed by atoms with van der Waals surface area (Å²) in [4.78, 5) is 35.1. The Morgan fingerprint density at radius 2 is 1.68 bits per heavy atom. The van der Waals surface area contributed by atoms with E-state index in [0.717, 1.165) is 5.56 Å². The molecule has 4 N–H and O–H groups in total. The summed E-state index contributed by atoms with van der Waals surface area (Å²) in [7, 11) is 0. The van der Waals surface area contributed by atoms with Crippen LogP contribution in [0.5, 0.6) is 0 Å². The number of esters is 1. The van der Waals surface area contributed by atoms with Crippen molar-refractivity contribution in [3.63, 3.8) is 0 Å². The Bertz CT molecular complexity index is 787. The van der Waals surface area contributed by atoms with Gasteiger partial charge in [0.25, 0.3) is 5.91 Å². The van der Waals surface area contributed by atoms with E-state index in [2.05, 4.69) is 10.6 Å². The van der Waals surface area contributed by atoms with Crippen LogP contribution in [-0.2, 0) is 9.53 Å². The molecule has 25 heavy (non-hydrogen) atoms. The van der Waals surface area contributed by atoms with Crippen LogP contribution < -0.4 is 16.4 Å². The van der Waals surface area contributed by atoms with Crippen LogP contribution in [0.2, 0.25) is 0 Å². The van der Waals surface area contributed by atoms with E-state index in [1.807, 2.05) is 19.1 Å². The molecule has 0 aliphatic rings. The highest BCUT2D eigenvalue weighted by atomic mass is 16.5. The average molecular weight is 341 g/mol. The van der Waals surface area contributed by atoms with Gasteiger partial charge in [0.1, 0.15) is 0 Å². The van der Waals surface area contributed by atoms with Gasteiger partial charge in [0.15, 0.2) is 6.10 Å². The Hall–Kier alpha value is -3.35. The second-order valence-electron chi connectivity index (χ2n) is 5.47. The number of anilines is 2. The highest BCUT2D eigenvalue weighted by molar-refractivity contribution is 5.98. The van der Waals surface area contributed by atoms with Gasteiger partial charge in [0, 0.05) is 11.4 Å². The molecule has 0 unspecified atom stereocenters. The van der Waals surface area contributed by atoms with Gasteiger partial charge in [-0.25, -0.2) is 9.59 Å². The van der Waals surface area contributed by atoms with Crippen molar-refractivity contribution in [2.75, 3.05) is 10.6 Å². The number of primary amides is 1. The summed E-state index contributed by atoms with van der Waals surface area (Å²) in [6.07, 6.45) is -0.985. The molecule has 0 bridgehead atoms. The first-order valence-electron chi connectivity index (χ1n) is 7.60. The van der Waals surface area contributed by atoms with Gasteiger partial charge in [-0.2, -0.15) is 0 Å². The Labute approximate surface area is 145 Å². The summed E-state index contributed by atoms with van der Waals surface area (Å²) in [6, 6.07) is 12.6. The highest BCUT2D eigenvalue weighted by Gasteiger charge is 2.19. The fourth-order valence-electron chi connectivity index (χ4n) is 2.03. The van der Waals surface area contributed by atoms with E-state index >= 15 is 0 Å². The Morgan fingerprint density at radius 3 is 2.32 bits per heavy atom. The Morgan fingerprint density at radius 1 is 1.00 bits per heavy atom. The van der Waals surface area contributed by atoms with Crippen LogP contribution in [0.4, 0.5) is 16.2 Å². The number of carbonyl (C=O) groups excluding carboxylic acids is 3. The molecule has 0 aliphatic carbocycles. The number of carbonyl (C=O) groups is 3. The summed E-state index contributed by atoms with van der Waals surface area (Å²) >= 11 is 0. The summed E-state index contributed by atoms with van der Waals surface area (Å²) in [6.45, 7) is 3.42. The minimum Gasteiger partial charge on any atom is -0.449 e. The lowest BCUT2D eigenvalue weighted by molar-refractivity contribution is -0.123. The summed E-state index contributed by atoms with van der Waals surface area (Å²) < 4.78 is 5.16. The van der Waals surface area contributed by atoms with Crippen molar-refractivity contribution >= 4 is 29.3 Å². The molecule has 7 heteroatoms. The molecule has 0 saturated carbocycles. The van der Waals surface area contributed by atoms with E-state index in [-0.39, 0.29) is 5.56 Å². The summed E-state index contributed by atoms with van der Waals surface area (Å²) in [5.41, 5.74) is 7.28. The minimum absolute atomic E-state index is 0.196. The van der Waals surface area contributed by atoms with Crippen molar-refractivity contribution in [3.05, 3.63) is 59.7 Å². The number of rotatable bonds is 5. The highest BCUT2D eigenvalue weighted by Crippen LogP contribution is 2.13. The van der Waals surface area contributed by atoms with Gasteiger partial charge in [-0.3, -0.25) is 4.79 Å². The minimum atomic E-state index is -0.985. The Balaban J connectivity index is 1.98. The van der Waals surface area contributed by atoms with Crippen molar-refractivity contribution in [3.8, 4) is 0 Å². The van der Waals surface area contributed by atoms with E-state index in [1.54, 1.807) is 24.3 Å². The van der Waals surface area contributed by atoms with Crippen LogP contribution in [0.1, 0.15) is 22.8 Å². The monoisotopic (exact) mass is 341 g/mol. The average Bonchev–Trinajstić information content (AvgIpc) is 2.56. The van der Waals surface area contributed by atoms with Gasteiger partial charge in [0.2, 0.25) is 0 Å². The molecule has 0 heterocycles. The fraction of sp³-hybridized carbons (Fsp3) is 0.167. The SMILES string of the molecule is Cc1ccc(NC(=O)[C@@H](C)OC(=O)c2cccc(NC(N)=O)c2)cc1. The summed E-state index contributed by atoms with van der Waals surface area (Å²) in [5, 5.41) is 5.04. The molecule has 0 aromatic heterocycles. The molecular weight excluding hydrogens is 322 g/mol.